The van der Waals surface area contributed by atoms with Crippen molar-refractivity contribution in [2.75, 3.05) is 6.54 Å². The van der Waals surface area contributed by atoms with Crippen LogP contribution in [0.1, 0.15) is 16.1 Å². The van der Waals surface area contributed by atoms with E-state index in [1.165, 1.54) is 36.4 Å². The van der Waals surface area contributed by atoms with Crippen LogP contribution in [0.2, 0.25) is 5.02 Å². The third-order valence-corrected chi connectivity index (χ3v) is 4.18. The van der Waals surface area contributed by atoms with Gasteiger partial charge in [0, 0.05) is 24.2 Å². The number of carbonyl (C=O) groups is 1. The van der Waals surface area contributed by atoms with Gasteiger partial charge in [0.25, 0.3) is 11.6 Å². The Morgan fingerprint density at radius 1 is 1.15 bits per heavy atom. The summed E-state index contributed by atoms with van der Waals surface area (Å²) in [4.78, 5) is 22.4. The fourth-order valence-corrected chi connectivity index (χ4v) is 2.75. The number of furan rings is 1. The first-order valence-electron chi connectivity index (χ1n) is 8.01. The smallest absolute Gasteiger partial charge is 0.287 e. The molecule has 0 spiro atoms. The molecule has 0 aliphatic heterocycles. The number of hydrogen-bond donors (Lipinski definition) is 1. The number of hydrogen-bond acceptors (Lipinski definition) is 4. The van der Waals surface area contributed by atoms with Gasteiger partial charge in [0.05, 0.1) is 9.95 Å². The van der Waals surface area contributed by atoms with Gasteiger partial charge in [0.2, 0.25) is 0 Å². The van der Waals surface area contributed by atoms with Crippen molar-refractivity contribution in [1.82, 2.24) is 5.32 Å². The quantitative estimate of drug-likeness (QED) is 0.493. The van der Waals surface area contributed by atoms with Gasteiger partial charge in [-0.05, 0) is 42.3 Å². The van der Waals surface area contributed by atoms with Gasteiger partial charge < -0.3 is 9.73 Å². The van der Waals surface area contributed by atoms with Crippen LogP contribution in [0.4, 0.5) is 10.1 Å². The third kappa shape index (κ3) is 4.51. The molecule has 0 atom stereocenters. The van der Waals surface area contributed by atoms with E-state index in [0.29, 0.717) is 24.3 Å². The lowest BCUT2D eigenvalue weighted by Crippen LogP contribution is -2.25. The van der Waals surface area contributed by atoms with Gasteiger partial charge in [0.1, 0.15) is 11.6 Å². The van der Waals surface area contributed by atoms with Crippen molar-refractivity contribution < 1.29 is 18.5 Å². The van der Waals surface area contributed by atoms with Gasteiger partial charge >= 0.3 is 0 Å². The Morgan fingerprint density at radius 2 is 1.89 bits per heavy atom. The highest BCUT2D eigenvalue weighted by Crippen LogP contribution is 2.32. The van der Waals surface area contributed by atoms with E-state index in [4.69, 9.17) is 16.0 Å². The molecular formula is C19H14ClFN2O4. The zero-order valence-electron chi connectivity index (χ0n) is 13.9. The van der Waals surface area contributed by atoms with E-state index in [9.17, 15) is 19.3 Å². The van der Waals surface area contributed by atoms with Crippen LogP contribution < -0.4 is 5.32 Å². The standard InChI is InChI=1S/C19H14ClFN2O4/c20-16-11-14(23(25)26)5-6-15(16)17-7-8-18(27-17)19(24)22-10-9-12-1-3-13(21)4-2-12/h1-8,11H,9-10H2,(H,22,24). The first kappa shape index (κ1) is 18.6. The van der Waals surface area contributed by atoms with Crippen LogP contribution in [-0.2, 0) is 6.42 Å². The Kier molecular flexibility index (Phi) is 5.52. The topological polar surface area (TPSA) is 85.4 Å². The van der Waals surface area contributed by atoms with Gasteiger partial charge in [-0.25, -0.2) is 4.39 Å². The molecule has 0 aliphatic rings. The number of carbonyl (C=O) groups excluding carboxylic acids is 1. The van der Waals surface area contributed by atoms with Gasteiger partial charge in [-0.15, -0.1) is 0 Å². The summed E-state index contributed by atoms with van der Waals surface area (Å²) in [5, 5.41) is 13.6. The lowest BCUT2D eigenvalue weighted by Gasteiger charge is -2.04. The second kappa shape index (κ2) is 8.01. The minimum Gasteiger partial charge on any atom is -0.451 e. The van der Waals surface area contributed by atoms with E-state index in [1.807, 2.05) is 0 Å². The fraction of sp³-hybridized carbons (Fsp3) is 0.105. The van der Waals surface area contributed by atoms with E-state index >= 15 is 0 Å². The number of rotatable bonds is 6. The first-order valence-corrected chi connectivity index (χ1v) is 8.38. The lowest BCUT2D eigenvalue weighted by molar-refractivity contribution is -0.384. The summed E-state index contributed by atoms with van der Waals surface area (Å²) in [6, 6.07) is 13.1. The maximum Gasteiger partial charge on any atom is 0.287 e. The van der Waals surface area contributed by atoms with Gasteiger partial charge in [-0.1, -0.05) is 23.7 Å². The normalized spacial score (nSPS) is 10.6. The molecule has 0 saturated carbocycles. The molecule has 0 aliphatic carbocycles. The molecule has 1 heterocycles. The van der Waals surface area contributed by atoms with Crippen LogP contribution in [0.25, 0.3) is 11.3 Å². The molecule has 2 aromatic carbocycles. The second-order valence-corrected chi connectivity index (χ2v) is 6.12. The number of amides is 1. The molecule has 3 rings (SSSR count). The number of nitro groups is 1. The highest BCUT2D eigenvalue weighted by Gasteiger charge is 2.16. The maximum absolute atomic E-state index is 12.9. The van der Waals surface area contributed by atoms with E-state index in [1.54, 1.807) is 18.2 Å². The average molecular weight is 389 g/mol. The first-order chi connectivity index (χ1) is 12.9. The average Bonchev–Trinajstić information content (AvgIpc) is 3.13. The summed E-state index contributed by atoms with van der Waals surface area (Å²) in [5.41, 5.74) is 1.22. The van der Waals surface area contributed by atoms with Crippen molar-refractivity contribution in [2.45, 2.75) is 6.42 Å². The van der Waals surface area contributed by atoms with Crippen LogP contribution >= 0.6 is 11.6 Å². The van der Waals surface area contributed by atoms with E-state index in [2.05, 4.69) is 5.32 Å². The summed E-state index contributed by atoms with van der Waals surface area (Å²) < 4.78 is 18.4. The zero-order chi connectivity index (χ0) is 19.4. The molecule has 138 valence electrons. The molecule has 0 saturated heterocycles. The van der Waals surface area contributed by atoms with Gasteiger partial charge in [0.15, 0.2) is 5.76 Å². The van der Waals surface area contributed by atoms with Crippen LogP contribution in [0.3, 0.4) is 0 Å². The minimum absolute atomic E-state index is 0.0959. The predicted molar refractivity (Wildman–Crippen MR) is 98.2 cm³/mol. The largest absolute Gasteiger partial charge is 0.451 e. The van der Waals surface area contributed by atoms with E-state index in [-0.39, 0.29) is 22.3 Å². The van der Waals surface area contributed by atoms with Crippen LogP contribution in [0.5, 0.6) is 0 Å². The molecule has 1 amide bonds. The summed E-state index contributed by atoms with van der Waals surface area (Å²) in [6.07, 6.45) is 0.549. The molecule has 0 radical (unpaired) electrons. The number of halogens is 2. The molecular weight excluding hydrogens is 375 g/mol. The lowest BCUT2D eigenvalue weighted by atomic mass is 10.1. The third-order valence-electron chi connectivity index (χ3n) is 3.87. The summed E-state index contributed by atoms with van der Waals surface area (Å²) in [5.74, 6) is -0.283. The SMILES string of the molecule is O=C(NCCc1ccc(F)cc1)c1ccc(-c2ccc([N+](=O)[O-])cc2Cl)o1. The molecule has 1 aromatic heterocycles. The maximum atomic E-state index is 12.9. The molecule has 6 nitrogen and oxygen atoms in total. The summed E-state index contributed by atoms with van der Waals surface area (Å²) in [6.45, 7) is 0.360. The van der Waals surface area contributed by atoms with Crippen molar-refractivity contribution in [3.05, 3.63) is 86.9 Å². The molecule has 0 bridgehead atoms. The summed E-state index contributed by atoms with van der Waals surface area (Å²) in [7, 11) is 0. The number of nitrogens with one attached hydrogen (secondary N) is 1. The van der Waals surface area contributed by atoms with Crippen LogP contribution in [0.15, 0.2) is 59.0 Å². The number of benzene rings is 2. The highest BCUT2D eigenvalue weighted by atomic mass is 35.5. The van der Waals surface area contributed by atoms with Crippen molar-refractivity contribution in [2.24, 2.45) is 0 Å². The van der Waals surface area contributed by atoms with E-state index in [0.717, 1.165) is 5.56 Å². The van der Waals surface area contributed by atoms with Crippen LogP contribution in [0, 0.1) is 15.9 Å². The Balaban J connectivity index is 1.63. The Bertz CT molecular complexity index is 986. The van der Waals surface area contributed by atoms with Crippen molar-refractivity contribution in [1.29, 1.82) is 0 Å². The van der Waals surface area contributed by atoms with Crippen molar-refractivity contribution in [3.8, 4) is 11.3 Å². The van der Waals surface area contributed by atoms with Gasteiger partial charge in [-0.3, -0.25) is 14.9 Å². The fourth-order valence-electron chi connectivity index (χ4n) is 2.48. The molecule has 27 heavy (non-hydrogen) atoms. The molecule has 3 aromatic rings. The summed E-state index contributed by atoms with van der Waals surface area (Å²) >= 11 is 6.07. The number of nitro benzene ring substituents is 1. The Labute approximate surface area is 158 Å². The minimum atomic E-state index is -0.544. The molecule has 0 fully saturated rings. The molecule has 8 heteroatoms. The van der Waals surface area contributed by atoms with Crippen molar-refractivity contribution in [3.63, 3.8) is 0 Å². The Morgan fingerprint density at radius 3 is 2.56 bits per heavy atom. The monoisotopic (exact) mass is 388 g/mol. The Hall–Kier alpha value is -3.19. The second-order valence-electron chi connectivity index (χ2n) is 5.72. The van der Waals surface area contributed by atoms with Crippen LogP contribution in [-0.4, -0.2) is 17.4 Å². The predicted octanol–water partition coefficient (Wildman–Crippen LogP) is 4.62. The highest BCUT2D eigenvalue weighted by molar-refractivity contribution is 6.33. The van der Waals surface area contributed by atoms with Crippen molar-refractivity contribution >= 4 is 23.2 Å². The van der Waals surface area contributed by atoms with Gasteiger partial charge in [-0.2, -0.15) is 0 Å². The van der Waals surface area contributed by atoms with E-state index < -0.39 is 10.8 Å². The number of nitrogens with zero attached hydrogens (tertiary/aromatic N) is 1. The molecule has 0 unspecified atom stereocenters. The molecule has 1 N–H and O–H groups in total. The number of non-ortho nitro benzene ring substituents is 1. The zero-order valence-corrected chi connectivity index (χ0v) is 14.7.